The summed E-state index contributed by atoms with van der Waals surface area (Å²) in [7, 11) is 5.98. The Morgan fingerprint density at radius 2 is 2.05 bits per heavy atom. The van der Waals surface area contributed by atoms with E-state index in [-0.39, 0.29) is 11.9 Å². The Balaban J connectivity index is 2.04. The van der Waals surface area contributed by atoms with Gasteiger partial charge in [-0.15, -0.1) is 0 Å². The summed E-state index contributed by atoms with van der Waals surface area (Å²) in [4.78, 5) is 2.10. The van der Waals surface area contributed by atoms with Crippen LogP contribution < -0.4 is 5.32 Å². The van der Waals surface area contributed by atoms with Crippen LogP contribution in [0.3, 0.4) is 0 Å². The third-order valence-corrected chi connectivity index (χ3v) is 4.16. The summed E-state index contributed by atoms with van der Waals surface area (Å²) >= 11 is 0. The van der Waals surface area contributed by atoms with Gasteiger partial charge >= 0.3 is 0 Å². The molecule has 0 radical (unpaired) electrons. The predicted molar refractivity (Wildman–Crippen MR) is 87.2 cm³/mol. The molecule has 5 heteroatoms. The number of nitrogens with zero attached hydrogens (tertiary/aromatic N) is 3. The van der Waals surface area contributed by atoms with Crippen molar-refractivity contribution in [3.05, 3.63) is 52.6 Å². The SMILES string of the molecule is Cc1nn(C)c(C)c1CNC[C@@H](c1cccc(F)c1)N(C)C. The van der Waals surface area contributed by atoms with Crippen LogP contribution in [0.1, 0.15) is 28.6 Å². The lowest BCUT2D eigenvalue weighted by Crippen LogP contribution is -2.31. The maximum atomic E-state index is 13.4. The van der Waals surface area contributed by atoms with Gasteiger partial charge in [0.2, 0.25) is 0 Å². The molecule has 1 N–H and O–H groups in total. The van der Waals surface area contributed by atoms with Crippen molar-refractivity contribution in [2.24, 2.45) is 7.05 Å². The molecule has 1 aromatic carbocycles. The van der Waals surface area contributed by atoms with Gasteiger partial charge in [-0.25, -0.2) is 4.39 Å². The maximum Gasteiger partial charge on any atom is 0.123 e. The van der Waals surface area contributed by atoms with Crippen LogP contribution >= 0.6 is 0 Å². The van der Waals surface area contributed by atoms with Crippen molar-refractivity contribution >= 4 is 0 Å². The number of aryl methyl sites for hydroxylation is 2. The minimum Gasteiger partial charge on any atom is -0.311 e. The Morgan fingerprint density at radius 1 is 1.32 bits per heavy atom. The minimum atomic E-state index is -0.191. The molecule has 0 bridgehead atoms. The molecule has 0 saturated carbocycles. The number of hydrogen-bond donors (Lipinski definition) is 1. The number of rotatable bonds is 6. The normalized spacial score (nSPS) is 12.9. The van der Waals surface area contributed by atoms with Gasteiger partial charge in [0.05, 0.1) is 5.69 Å². The smallest absolute Gasteiger partial charge is 0.123 e. The van der Waals surface area contributed by atoms with E-state index in [2.05, 4.69) is 22.2 Å². The molecule has 2 rings (SSSR count). The zero-order valence-corrected chi connectivity index (χ0v) is 14.0. The van der Waals surface area contributed by atoms with E-state index in [0.717, 1.165) is 24.3 Å². The molecule has 2 aromatic rings. The lowest BCUT2D eigenvalue weighted by atomic mass is 10.1. The first kappa shape index (κ1) is 16.6. The van der Waals surface area contributed by atoms with Crippen molar-refractivity contribution in [3.8, 4) is 0 Å². The van der Waals surface area contributed by atoms with Gasteiger partial charge in [-0.3, -0.25) is 4.68 Å². The van der Waals surface area contributed by atoms with Gasteiger partial charge in [-0.1, -0.05) is 12.1 Å². The number of aromatic nitrogens is 2. The predicted octanol–water partition coefficient (Wildman–Crippen LogP) is 2.57. The second-order valence-electron chi connectivity index (χ2n) is 5.94. The van der Waals surface area contributed by atoms with E-state index >= 15 is 0 Å². The van der Waals surface area contributed by atoms with Gasteiger partial charge < -0.3 is 10.2 Å². The largest absolute Gasteiger partial charge is 0.311 e. The van der Waals surface area contributed by atoms with E-state index < -0.39 is 0 Å². The van der Waals surface area contributed by atoms with Gasteiger partial charge in [-0.05, 0) is 45.6 Å². The van der Waals surface area contributed by atoms with Crippen molar-refractivity contribution in [2.75, 3.05) is 20.6 Å². The van der Waals surface area contributed by atoms with Crippen molar-refractivity contribution in [3.63, 3.8) is 0 Å². The van der Waals surface area contributed by atoms with Gasteiger partial charge in [-0.2, -0.15) is 5.10 Å². The van der Waals surface area contributed by atoms with Crippen LogP contribution in [-0.2, 0) is 13.6 Å². The Morgan fingerprint density at radius 3 is 2.59 bits per heavy atom. The molecular weight excluding hydrogens is 279 g/mol. The monoisotopic (exact) mass is 304 g/mol. The first-order valence-corrected chi connectivity index (χ1v) is 7.51. The lowest BCUT2D eigenvalue weighted by molar-refractivity contribution is 0.287. The molecule has 0 aliphatic heterocycles. The van der Waals surface area contributed by atoms with E-state index in [1.807, 2.05) is 38.8 Å². The summed E-state index contributed by atoms with van der Waals surface area (Å²) < 4.78 is 15.3. The summed E-state index contributed by atoms with van der Waals surface area (Å²) in [5.41, 5.74) is 4.45. The summed E-state index contributed by atoms with van der Waals surface area (Å²) in [5.74, 6) is -0.191. The highest BCUT2D eigenvalue weighted by Crippen LogP contribution is 2.19. The molecule has 1 atom stereocenters. The second kappa shape index (κ2) is 7.03. The van der Waals surface area contributed by atoms with E-state index in [1.54, 1.807) is 12.1 Å². The van der Waals surface area contributed by atoms with Crippen LogP contribution in [0.5, 0.6) is 0 Å². The molecule has 22 heavy (non-hydrogen) atoms. The Bertz CT molecular complexity index is 634. The molecule has 1 heterocycles. The van der Waals surface area contributed by atoms with Crippen LogP contribution in [0.2, 0.25) is 0 Å². The zero-order chi connectivity index (χ0) is 16.3. The fourth-order valence-corrected chi connectivity index (χ4v) is 2.72. The zero-order valence-electron chi connectivity index (χ0n) is 14.0. The van der Waals surface area contributed by atoms with E-state index in [9.17, 15) is 4.39 Å². The fraction of sp³-hybridized carbons (Fsp3) is 0.471. The number of halogens is 1. The number of nitrogens with one attached hydrogen (secondary N) is 1. The average molecular weight is 304 g/mol. The first-order valence-electron chi connectivity index (χ1n) is 7.51. The Labute approximate surface area is 131 Å². The molecule has 0 fully saturated rings. The highest BCUT2D eigenvalue weighted by molar-refractivity contribution is 5.24. The van der Waals surface area contributed by atoms with Crippen LogP contribution in [0.4, 0.5) is 4.39 Å². The molecule has 120 valence electrons. The topological polar surface area (TPSA) is 33.1 Å². The summed E-state index contributed by atoms with van der Waals surface area (Å²) in [6, 6.07) is 6.94. The third kappa shape index (κ3) is 3.72. The third-order valence-electron chi connectivity index (χ3n) is 4.16. The molecule has 4 nitrogen and oxygen atoms in total. The van der Waals surface area contributed by atoms with Crippen LogP contribution in [0, 0.1) is 19.7 Å². The fourth-order valence-electron chi connectivity index (χ4n) is 2.72. The van der Waals surface area contributed by atoms with Crippen LogP contribution in [0.25, 0.3) is 0 Å². The van der Waals surface area contributed by atoms with Crippen LogP contribution in [0.15, 0.2) is 24.3 Å². The standard InChI is InChI=1S/C17H25FN4/c1-12-16(13(2)22(5)20-12)10-19-11-17(21(3)4)14-7-6-8-15(18)9-14/h6-9,17,19H,10-11H2,1-5H3/t17-/m0/s1. The molecule has 1 aromatic heterocycles. The van der Waals surface area contributed by atoms with Gasteiger partial charge in [0.15, 0.2) is 0 Å². The van der Waals surface area contributed by atoms with Crippen molar-refractivity contribution < 1.29 is 4.39 Å². The number of benzene rings is 1. The van der Waals surface area contributed by atoms with Crippen LogP contribution in [-0.4, -0.2) is 35.3 Å². The average Bonchev–Trinajstić information content (AvgIpc) is 2.69. The lowest BCUT2D eigenvalue weighted by Gasteiger charge is -2.25. The molecular formula is C17H25FN4. The van der Waals surface area contributed by atoms with Gasteiger partial charge in [0.25, 0.3) is 0 Å². The van der Waals surface area contributed by atoms with Crippen molar-refractivity contribution in [2.45, 2.75) is 26.4 Å². The van der Waals surface area contributed by atoms with Crippen molar-refractivity contribution in [1.29, 1.82) is 0 Å². The first-order chi connectivity index (χ1) is 10.4. The second-order valence-corrected chi connectivity index (χ2v) is 5.94. The number of hydrogen-bond acceptors (Lipinski definition) is 3. The molecule has 0 amide bonds. The maximum absolute atomic E-state index is 13.4. The quantitative estimate of drug-likeness (QED) is 0.890. The summed E-state index contributed by atoms with van der Waals surface area (Å²) in [6.07, 6.45) is 0. The summed E-state index contributed by atoms with van der Waals surface area (Å²) in [5, 5.41) is 7.91. The number of likely N-dealkylation sites (N-methyl/N-ethyl adjacent to an activating group) is 1. The highest BCUT2D eigenvalue weighted by Gasteiger charge is 2.15. The van der Waals surface area contributed by atoms with E-state index in [4.69, 9.17) is 0 Å². The summed E-state index contributed by atoms with van der Waals surface area (Å²) in [6.45, 7) is 5.63. The molecule has 0 unspecified atom stereocenters. The Hall–Kier alpha value is -1.72. The van der Waals surface area contributed by atoms with Gasteiger partial charge in [0, 0.05) is 37.4 Å². The van der Waals surface area contributed by atoms with E-state index in [0.29, 0.717) is 0 Å². The molecule has 0 spiro atoms. The van der Waals surface area contributed by atoms with Crippen molar-refractivity contribution in [1.82, 2.24) is 20.0 Å². The minimum absolute atomic E-state index is 0.132. The highest BCUT2D eigenvalue weighted by atomic mass is 19.1. The molecule has 0 saturated heterocycles. The van der Waals surface area contributed by atoms with E-state index in [1.165, 1.54) is 17.3 Å². The molecule has 0 aliphatic rings. The Kier molecular flexibility index (Phi) is 5.32. The van der Waals surface area contributed by atoms with Gasteiger partial charge in [0.1, 0.15) is 5.82 Å². The molecule has 0 aliphatic carbocycles.